The molecule has 1 heterocycles. The molecule has 92 valence electrons. The van der Waals surface area contributed by atoms with Crippen LogP contribution >= 0.6 is 11.6 Å². The van der Waals surface area contributed by atoms with Gasteiger partial charge in [0.2, 0.25) is 5.88 Å². The zero-order valence-electron chi connectivity index (χ0n) is 9.04. The minimum Gasteiger partial charge on any atom is -0.437 e. The van der Waals surface area contributed by atoms with E-state index < -0.39 is 4.92 Å². The van der Waals surface area contributed by atoms with Crippen LogP contribution in [0.2, 0.25) is 5.02 Å². The Hall–Kier alpha value is -2.34. The van der Waals surface area contributed by atoms with Gasteiger partial charge < -0.3 is 10.5 Å². The Bertz CT molecular complexity index is 604. The van der Waals surface area contributed by atoms with Crippen molar-refractivity contribution >= 4 is 23.1 Å². The van der Waals surface area contributed by atoms with E-state index >= 15 is 0 Å². The maximum atomic E-state index is 10.7. The second kappa shape index (κ2) is 4.89. The Morgan fingerprint density at radius 3 is 2.72 bits per heavy atom. The molecule has 0 bridgehead atoms. The highest BCUT2D eigenvalue weighted by molar-refractivity contribution is 6.32. The van der Waals surface area contributed by atoms with Crippen LogP contribution in [0.1, 0.15) is 0 Å². The fourth-order valence-corrected chi connectivity index (χ4v) is 1.48. The number of hydrogen-bond acceptors (Lipinski definition) is 5. The average molecular weight is 266 g/mol. The van der Waals surface area contributed by atoms with Crippen LogP contribution in [0.25, 0.3) is 0 Å². The van der Waals surface area contributed by atoms with Crippen molar-refractivity contribution in [2.75, 3.05) is 5.73 Å². The minimum atomic E-state index is -0.572. The summed E-state index contributed by atoms with van der Waals surface area (Å²) in [6.07, 6.45) is 0. The van der Waals surface area contributed by atoms with Crippen LogP contribution < -0.4 is 10.5 Å². The van der Waals surface area contributed by atoms with Crippen molar-refractivity contribution in [1.29, 1.82) is 0 Å². The molecule has 2 rings (SSSR count). The molecule has 0 amide bonds. The van der Waals surface area contributed by atoms with Crippen molar-refractivity contribution in [3.05, 3.63) is 51.5 Å². The summed E-state index contributed by atoms with van der Waals surface area (Å²) in [4.78, 5) is 13.9. The second-order valence-corrected chi connectivity index (χ2v) is 3.79. The number of nitrogens with two attached hydrogens (primary N) is 1. The topological polar surface area (TPSA) is 91.3 Å². The number of para-hydroxylation sites is 1. The lowest BCUT2D eigenvalue weighted by molar-refractivity contribution is -0.384. The molecule has 0 aliphatic heterocycles. The zero-order chi connectivity index (χ0) is 13.1. The first-order chi connectivity index (χ1) is 8.56. The first-order valence-corrected chi connectivity index (χ1v) is 5.28. The van der Waals surface area contributed by atoms with E-state index in [1.807, 2.05) is 0 Å². The van der Waals surface area contributed by atoms with Gasteiger partial charge in [0.1, 0.15) is 11.6 Å². The highest BCUT2D eigenvalue weighted by Crippen LogP contribution is 2.30. The van der Waals surface area contributed by atoms with Gasteiger partial charge in [0.25, 0.3) is 5.69 Å². The smallest absolute Gasteiger partial charge is 0.278 e. The molecule has 1 aromatic heterocycles. The van der Waals surface area contributed by atoms with E-state index in [0.29, 0.717) is 10.8 Å². The number of nitrogens with zero attached hydrogens (tertiary/aromatic N) is 2. The van der Waals surface area contributed by atoms with Crippen LogP contribution in [-0.4, -0.2) is 9.91 Å². The quantitative estimate of drug-likeness (QED) is 0.680. The molecule has 1 aromatic carbocycles. The molecule has 0 aliphatic carbocycles. The van der Waals surface area contributed by atoms with Gasteiger partial charge in [0, 0.05) is 0 Å². The maximum Gasteiger partial charge on any atom is 0.278 e. The molecule has 0 unspecified atom stereocenters. The number of hydrogen-bond donors (Lipinski definition) is 1. The monoisotopic (exact) mass is 265 g/mol. The molecule has 7 heteroatoms. The Kier molecular flexibility index (Phi) is 3.29. The average Bonchev–Trinajstić information content (AvgIpc) is 2.31. The molecule has 6 nitrogen and oxygen atoms in total. The van der Waals surface area contributed by atoms with Crippen LogP contribution in [0.15, 0.2) is 36.4 Å². The van der Waals surface area contributed by atoms with Crippen molar-refractivity contribution in [1.82, 2.24) is 4.98 Å². The number of benzene rings is 1. The Morgan fingerprint density at radius 2 is 2.06 bits per heavy atom. The zero-order valence-corrected chi connectivity index (χ0v) is 9.79. The number of aromatic nitrogens is 1. The molecule has 0 saturated carbocycles. The molecular formula is C11H8ClN3O3. The van der Waals surface area contributed by atoms with Crippen molar-refractivity contribution < 1.29 is 9.66 Å². The predicted octanol–water partition coefficient (Wildman–Crippen LogP) is 3.02. The summed E-state index contributed by atoms with van der Waals surface area (Å²) in [6, 6.07) is 9.06. The number of rotatable bonds is 3. The van der Waals surface area contributed by atoms with Crippen molar-refractivity contribution in [3.63, 3.8) is 0 Å². The number of halogens is 1. The molecule has 0 radical (unpaired) electrons. The fourth-order valence-electron chi connectivity index (χ4n) is 1.31. The molecule has 0 spiro atoms. The van der Waals surface area contributed by atoms with E-state index in [2.05, 4.69) is 4.98 Å². The largest absolute Gasteiger partial charge is 0.437 e. The highest BCUT2D eigenvalue weighted by Gasteiger charge is 2.12. The molecule has 0 fully saturated rings. The molecule has 0 atom stereocenters. The maximum absolute atomic E-state index is 10.7. The molecule has 18 heavy (non-hydrogen) atoms. The van der Waals surface area contributed by atoms with Crippen molar-refractivity contribution in [2.24, 2.45) is 0 Å². The van der Waals surface area contributed by atoms with Crippen molar-refractivity contribution in [2.45, 2.75) is 0 Å². The summed E-state index contributed by atoms with van der Waals surface area (Å²) in [5.74, 6) is 0.382. The highest BCUT2D eigenvalue weighted by atomic mass is 35.5. The SMILES string of the molecule is Nc1cc([N+](=O)[O-])cc(Oc2ccccc2Cl)n1. The van der Waals surface area contributed by atoms with Gasteiger partial charge >= 0.3 is 0 Å². The number of anilines is 1. The van der Waals surface area contributed by atoms with E-state index in [1.54, 1.807) is 24.3 Å². The Morgan fingerprint density at radius 1 is 1.33 bits per heavy atom. The molecule has 0 aliphatic rings. The van der Waals surface area contributed by atoms with E-state index in [4.69, 9.17) is 22.1 Å². The van der Waals surface area contributed by atoms with Crippen LogP contribution in [0.4, 0.5) is 11.5 Å². The third kappa shape index (κ3) is 2.67. The first-order valence-electron chi connectivity index (χ1n) is 4.90. The minimum absolute atomic E-state index is 0.00579. The lowest BCUT2D eigenvalue weighted by Gasteiger charge is -2.06. The normalized spacial score (nSPS) is 10.1. The second-order valence-electron chi connectivity index (χ2n) is 3.38. The van der Waals surface area contributed by atoms with Gasteiger partial charge in [-0.05, 0) is 12.1 Å². The number of pyridine rings is 1. The summed E-state index contributed by atoms with van der Waals surface area (Å²) in [5.41, 5.74) is 5.27. The molecule has 0 saturated heterocycles. The third-order valence-corrected chi connectivity index (χ3v) is 2.38. The van der Waals surface area contributed by atoms with E-state index in [9.17, 15) is 10.1 Å². The molecule has 2 N–H and O–H groups in total. The number of nitrogen functional groups attached to an aromatic ring is 1. The Labute approximate surface area is 107 Å². The number of nitro groups is 1. The van der Waals surface area contributed by atoms with Gasteiger partial charge in [-0.25, -0.2) is 0 Å². The summed E-state index contributed by atoms with van der Waals surface area (Å²) < 4.78 is 5.35. The van der Waals surface area contributed by atoms with Gasteiger partial charge in [0.15, 0.2) is 0 Å². The van der Waals surface area contributed by atoms with Crippen LogP contribution in [0.3, 0.4) is 0 Å². The van der Waals surface area contributed by atoms with E-state index in [0.717, 1.165) is 6.07 Å². The van der Waals surface area contributed by atoms with Gasteiger partial charge in [0.05, 0.1) is 22.1 Å². The summed E-state index contributed by atoms with van der Waals surface area (Å²) in [5, 5.41) is 11.0. The van der Waals surface area contributed by atoms with Crippen molar-refractivity contribution in [3.8, 4) is 11.6 Å². The van der Waals surface area contributed by atoms with Gasteiger partial charge in [-0.1, -0.05) is 23.7 Å². The third-order valence-electron chi connectivity index (χ3n) is 2.07. The fraction of sp³-hybridized carbons (Fsp3) is 0. The lowest BCUT2D eigenvalue weighted by atomic mass is 10.3. The van der Waals surface area contributed by atoms with E-state index in [-0.39, 0.29) is 17.4 Å². The van der Waals surface area contributed by atoms with Crippen LogP contribution in [-0.2, 0) is 0 Å². The van der Waals surface area contributed by atoms with Gasteiger partial charge in [-0.3, -0.25) is 10.1 Å². The van der Waals surface area contributed by atoms with Crippen LogP contribution in [0.5, 0.6) is 11.6 Å². The predicted molar refractivity (Wildman–Crippen MR) is 66.8 cm³/mol. The van der Waals surface area contributed by atoms with Gasteiger partial charge in [-0.2, -0.15) is 4.98 Å². The van der Waals surface area contributed by atoms with Gasteiger partial charge in [-0.15, -0.1) is 0 Å². The first kappa shape index (κ1) is 12.1. The number of ether oxygens (including phenoxy) is 1. The summed E-state index contributed by atoms with van der Waals surface area (Å²) in [7, 11) is 0. The molecule has 2 aromatic rings. The Balaban J connectivity index is 2.35. The summed E-state index contributed by atoms with van der Waals surface area (Å²) in [6.45, 7) is 0. The standard InChI is InChI=1S/C11H8ClN3O3/c12-8-3-1-2-4-9(8)18-11-6-7(15(16)17)5-10(13)14-11/h1-6H,(H2,13,14). The van der Waals surface area contributed by atoms with Crippen LogP contribution in [0, 0.1) is 10.1 Å². The molecular weight excluding hydrogens is 258 g/mol. The van der Waals surface area contributed by atoms with E-state index in [1.165, 1.54) is 6.07 Å². The summed E-state index contributed by atoms with van der Waals surface area (Å²) >= 11 is 5.90. The lowest BCUT2D eigenvalue weighted by Crippen LogP contribution is -1.97.